The standard InChI is InChI=1S/C26H35N4O9PS/c1-4-11-26(36)21(33)19(39-22(26)30-13-10-20(32)29-24(30)35)16-38-40(37,28-15-18-8-6-5-7-9-18)27-12-14-41-23(34)25(2,3)17-31/h5-11,13,19,21-22,31,33,36H,1,12,14-17H2,2-3H3,(H2,27,28,37)(H,29,32,35)/t19-,21-,22-,26-,40?/m1/s1. The van der Waals surface area contributed by atoms with E-state index in [2.05, 4.69) is 27.5 Å². The molecule has 0 radical (unpaired) electrons. The highest BCUT2D eigenvalue weighted by molar-refractivity contribution is 8.13. The van der Waals surface area contributed by atoms with Crippen LogP contribution >= 0.6 is 19.4 Å². The third kappa shape index (κ3) is 8.24. The summed E-state index contributed by atoms with van der Waals surface area (Å²) in [6.07, 6.45) is -2.30. The van der Waals surface area contributed by atoms with Crippen LogP contribution in [0.1, 0.15) is 25.6 Å². The zero-order chi connectivity index (χ0) is 30.3. The number of aromatic amines is 1. The zero-order valence-electron chi connectivity index (χ0n) is 22.7. The molecular formula is C26H35N4O9PS. The second-order valence-corrected chi connectivity index (χ2v) is 13.0. The van der Waals surface area contributed by atoms with Crippen molar-refractivity contribution in [1.82, 2.24) is 19.7 Å². The van der Waals surface area contributed by atoms with Gasteiger partial charge in [0.2, 0.25) is 0 Å². The van der Waals surface area contributed by atoms with Crippen molar-refractivity contribution in [2.24, 2.45) is 5.41 Å². The maximum Gasteiger partial charge on any atom is 0.341 e. The maximum absolute atomic E-state index is 13.8. The van der Waals surface area contributed by atoms with Gasteiger partial charge in [0.25, 0.3) is 5.56 Å². The molecule has 0 amide bonds. The average Bonchev–Trinajstić information content (AvgIpc) is 3.19. The number of H-pyrrole nitrogens is 1. The van der Waals surface area contributed by atoms with Crippen molar-refractivity contribution in [3.05, 3.63) is 87.4 Å². The lowest BCUT2D eigenvalue weighted by Crippen LogP contribution is -2.47. The molecule has 1 fully saturated rings. The summed E-state index contributed by atoms with van der Waals surface area (Å²) in [6.45, 7) is 6.10. The Kier molecular flexibility index (Phi) is 11.3. The van der Waals surface area contributed by atoms with Gasteiger partial charge in [-0.25, -0.2) is 15.0 Å². The molecule has 6 N–H and O–H groups in total. The number of nitrogens with zero attached hydrogens (tertiary/aromatic N) is 1. The summed E-state index contributed by atoms with van der Waals surface area (Å²) in [6, 6.07) is 10.2. The molecule has 1 aromatic heterocycles. The Labute approximate surface area is 240 Å². The summed E-state index contributed by atoms with van der Waals surface area (Å²) in [7, 11) is -3.84. The first-order valence-electron chi connectivity index (χ1n) is 12.7. The van der Waals surface area contributed by atoms with Crippen molar-refractivity contribution in [3.8, 4) is 0 Å². The second kappa shape index (κ2) is 14.0. The molecular weight excluding hydrogens is 575 g/mol. The van der Waals surface area contributed by atoms with Crippen LogP contribution in [0.3, 0.4) is 0 Å². The van der Waals surface area contributed by atoms with E-state index >= 15 is 0 Å². The highest BCUT2D eigenvalue weighted by atomic mass is 32.2. The van der Waals surface area contributed by atoms with Gasteiger partial charge in [-0.1, -0.05) is 48.7 Å². The first kappa shape index (κ1) is 32.9. The Morgan fingerprint density at radius 3 is 2.66 bits per heavy atom. The normalized spacial score (nSPS) is 24.0. The first-order valence-corrected chi connectivity index (χ1v) is 15.3. The number of aliphatic hydroxyl groups excluding tert-OH is 2. The molecule has 0 bridgehead atoms. The minimum absolute atomic E-state index is 0.0869. The number of carbonyl (C=O) groups is 1. The Balaban J connectivity index is 1.75. The van der Waals surface area contributed by atoms with Crippen LogP contribution in [-0.2, 0) is 25.2 Å². The lowest BCUT2D eigenvalue weighted by atomic mass is 9.94. The number of ether oxygens (including phenoxy) is 1. The zero-order valence-corrected chi connectivity index (χ0v) is 24.4. The van der Waals surface area contributed by atoms with E-state index in [0.29, 0.717) is 0 Å². The molecule has 3 rings (SSSR count). The minimum atomic E-state index is -3.84. The third-order valence-corrected chi connectivity index (χ3v) is 9.27. The summed E-state index contributed by atoms with van der Waals surface area (Å²) < 4.78 is 26.2. The van der Waals surface area contributed by atoms with Crippen LogP contribution in [0.25, 0.3) is 0 Å². The van der Waals surface area contributed by atoms with E-state index in [-0.39, 0.29) is 30.6 Å². The van der Waals surface area contributed by atoms with E-state index in [1.165, 1.54) is 0 Å². The van der Waals surface area contributed by atoms with Crippen molar-refractivity contribution in [2.75, 3.05) is 25.5 Å². The quantitative estimate of drug-likeness (QED) is 0.0996. The van der Waals surface area contributed by atoms with Crippen molar-refractivity contribution in [1.29, 1.82) is 0 Å². The number of hydrogen-bond donors (Lipinski definition) is 6. The van der Waals surface area contributed by atoms with Gasteiger partial charge in [-0.2, -0.15) is 0 Å². The fraction of sp³-hybridized carbons (Fsp3) is 0.462. The van der Waals surface area contributed by atoms with Gasteiger partial charge in [-0.3, -0.25) is 23.7 Å². The minimum Gasteiger partial charge on any atom is -0.395 e. The Morgan fingerprint density at radius 2 is 2.02 bits per heavy atom. The molecule has 1 aliphatic heterocycles. The van der Waals surface area contributed by atoms with Gasteiger partial charge in [-0.15, -0.1) is 5.73 Å². The monoisotopic (exact) mass is 610 g/mol. The van der Waals surface area contributed by atoms with Gasteiger partial charge in [-0.05, 0) is 25.5 Å². The number of rotatable bonds is 14. The Hall–Kier alpha value is -2.61. The maximum atomic E-state index is 13.8. The van der Waals surface area contributed by atoms with E-state index in [9.17, 15) is 34.3 Å². The van der Waals surface area contributed by atoms with E-state index < -0.39 is 55.0 Å². The van der Waals surface area contributed by atoms with Gasteiger partial charge in [0.05, 0.1) is 18.6 Å². The number of aromatic nitrogens is 2. The lowest BCUT2D eigenvalue weighted by Gasteiger charge is -2.28. The van der Waals surface area contributed by atoms with Crippen LogP contribution in [0, 0.1) is 5.41 Å². The van der Waals surface area contributed by atoms with Crippen molar-refractivity contribution >= 4 is 24.5 Å². The molecule has 0 spiro atoms. The van der Waals surface area contributed by atoms with Gasteiger partial charge < -0.3 is 24.6 Å². The van der Waals surface area contributed by atoms with Crippen molar-refractivity contribution < 1.29 is 33.9 Å². The summed E-state index contributed by atoms with van der Waals surface area (Å²) in [5.74, 6) is 0.228. The topological polar surface area (TPSA) is 192 Å². The van der Waals surface area contributed by atoms with Crippen LogP contribution in [0.2, 0.25) is 0 Å². The summed E-state index contributed by atoms with van der Waals surface area (Å²) in [5, 5.41) is 37.0. The highest BCUT2D eigenvalue weighted by Gasteiger charge is 2.55. The Morgan fingerprint density at radius 1 is 1.32 bits per heavy atom. The van der Waals surface area contributed by atoms with Crippen LogP contribution in [-0.4, -0.2) is 73.3 Å². The molecule has 5 atom stereocenters. The first-order chi connectivity index (χ1) is 19.3. The molecule has 15 heteroatoms. The molecule has 41 heavy (non-hydrogen) atoms. The summed E-state index contributed by atoms with van der Waals surface area (Å²) >= 11 is 0.974. The predicted molar refractivity (Wildman–Crippen MR) is 153 cm³/mol. The molecule has 1 aromatic carbocycles. The molecule has 224 valence electrons. The fourth-order valence-electron chi connectivity index (χ4n) is 3.86. The van der Waals surface area contributed by atoms with Crippen LogP contribution in [0.4, 0.5) is 0 Å². The fourth-order valence-corrected chi connectivity index (χ4v) is 6.30. The highest BCUT2D eigenvalue weighted by Crippen LogP contribution is 2.43. The number of hydrogen-bond acceptors (Lipinski definition) is 10. The number of aliphatic hydroxyl groups is 3. The van der Waals surface area contributed by atoms with Gasteiger partial charge in [0.1, 0.15) is 12.2 Å². The van der Waals surface area contributed by atoms with Gasteiger partial charge in [0, 0.05) is 31.1 Å². The van der Waals surface area contributed by atoms with Crippen LogP contribution in [0.15, 0.2) is 70.6 Å². The molecule has 1 saturated heterocycles. The smallest absolute Gasteiger partial charge is 0.341 e. The summed E-state index contributed by atoms with van der Waals surface area (Å²) in [4.78, 5) is 38.3. The lowest BCUT2D eigenvalue weighted by molar-refractivity contribution is -0.119. The molecule has 2 aromatic rings. The largest absolute Gasteiger partial charge is 0.395 e. The van der Waals surface area contributed by atoms with E-state index in [1.54, 1.807) is 13.8 Å². The summed E-state index contributed by atoms with van der Waals surface area (Å²) in [5.41, 5.74) is -1.47. The van der Waals surface area contributed by atoms with Crippen LogP contribution in [0.5, 0.6) is 0 Å². The van der Waals surface area contributed by atoms with E-state index in [1.807, 2.05) is 30.3 Å². The molecule has 1 unspecified atom stereocenters. The van der Waals surface area contributed by atoms with E-state index in [4.69, 9.17) is 9.26 Å². The molecule has 2 heterocycles. The predicted octanol–water partition coefficient (Wildman–Crippen LogP) is 0.649. The number of thioether (sulfide) groups is 1. The number of carbonyl (C=O) groups excluding carboxylic acids is 1. The second-order valence-electron chi connectivity index (χ2n) is 9.98. The van der Waals surface area contributed by atoms with Crippen molar-refractivity contribution in [2.45, 2.75) is 44.4 Å². The molecule has 0 aliphatic carbocycles. The Bertz CT molecular complexity index is 1410. The van der Waals surface area contributed by atoms with Crippen molar-refractivity contribution in [3.63, 3.8) is 0 Å². The van der Waals surface area contributed by atoms with E-state index in [0.717, 1.165) is 40.2 Å². The third-order valence-electron chi connectivity index (χ3n) is 6.32. The van der Waals surface area contributed by atoms with Gasteiger partial charge >= 0.3 is 13.4 Å². The molecule has 0 saturated carbocycles. The number of benzene rings is 1. The van der Waals surface area contributed by atoms with Gasteiger partial charge in [0.15, 0.2) is 16.9 Å². The molecule has 13 nitrogen and oxygen atoms in total. The number of nitrogens with one attached hydrogen (secondary N) is 3. The molecule has 1 aliphatic rings. The average molecular weight is 611 g/mol. The SMILES string of the molecule is C=C=C[C@@]1(O)[C@H](O)[C@@H](COP(=O)(NCCSC(=O)C(C)(C)CO)NCc2ccccc2)O[C@H]1n1ccc(=O)[nH]c1=O. The van der Waals surface area contributed by atoms with Crippen LogP contribution < -0.4 is 21.4 Å².